The molecule has 4 rings (SSSR count). The van der Waals surface area contributed by atoms with Crippen LogP contribution in [0, 0.1) is 6.92 Å². The lowest BCUT2D eigenvalue weighted by Crippen LogP contribution is -2.26. The fourth-order valence-corrected chi connectivity index (χ4v) is 5.47. The van der Waals surface area contributed by atoms with Crippen molar-refractivity contribution >= 4 is 21.6 Å². The summed E-state index contributed by atoms with van der Waals surface area (Å²) >= 11 is 0. The van der Waals surface area contributed by atoms with Crippen molar-refractivity contribution in [1.82, 2.24) is 9.78 Å². The van der Waals surface area contributed by atoms with Crippen LogP contribution in [0.25, 0.3) is 0 Å². The average Bonchev–Trinajstić information content (AvgIpc) is 3.07. The Morgan fingerprint density at radius 1 is 1.25 bits per heavy atom. The number of carbonyl (C=O) groups is 1. The lowest BCUT2D eigenvalue weighted by molar-refractivity contribution is -0.116. The van der Waals surface area contributed by atoms with Crippen LogP contribution < -0.4 is 5.32 Å². The number of anilines is 1. The highest BCUT2D eigenvalue weighted by atomic mass is 32.2. The smallest absolute Gasteiger partial charge is 0.226 e. The van der Waals surface area contributed by atoms with Crippen molar-refractivity contribution in [1.29, 1.82) is 0 Å². The maximum Gasteiger partial charge on any atom is 0.226 e. The second-order valence-electron chi connectivity index (χ2n) is 6.56. The van der Waals surface area contributed by atoms with Crippen LogP contribution in [-0.2, 0) is 14.6 Å². The Morgan fingerprint density at radius 2 is 2.00 bits per heavy atom. The number of amides is 1. The third-order valence-corrected chi connectivity index (χ3v) is 6.63. The first kappa shape index (κ1) is 15.4. The Bertz CT molecular complexity index is 903. The van der Waals surface area contributed by atoms with Gasteiger partial charge in [0.25, 0.3) is 0 Å². The van der Waals surface area contributed by atoms with E-state index in [1.165, 1.54) is 0 Å². The van der Waals surface area contributed by atoms with Gasteiger partial charge in [0.05, 0.1) is 23.2 Å². The molecule has 0 unspecified atom stereocenters. The first-order valence-corrected chi connectivity index (χ1v) is 9.91. The number of carbonyl (C=O) groups excluding carboxylic acids is 1. The molecular weight excluding hydrogens is 326 g/mol. The van der Waals surface area contributed by atoms with Gasteiger partial charge in [-0.15, -0.1) is 0 Å². The summed E-state index contributed by atoms with van der Waals surface area (Å²) in [4.78, 5) is 12.2. The predicted octanol–water partition coefficient (Wildman–Crippen LogP) is 2.03. The highest BCUT2D eigenvalue weighted by Crippen LogP contribution is 2.41. The molecule has 3 heterocycles. The van der Waals surface area contributed by atoms with E-state index in [0.717, 1.165) is 16.8 Å². The number of nitrogens with one attached hydrogen (secondary N) is 1. The van der Waals surface area contributed by atoms with Crippen LogP contribution in [0.5, 0.6) is 0 Å². The Hall–Kier alpha value is -2.15. The quantitative estimate of drug-likeness (QED) is 0.903. The summed E-state index contributed by atoms with van der Waals surface area (Å²) in [6.45, 7) is 1.92. The summed E-state index contributed by atoms with van der Waals surface area (Å²) in [7, 11) is -3.01. The minimum absolute atomic E-state index is 0.0401. The van der Waals surface area contributed by atoms with Gasteiger partial charge in [-0.1, -0.05) is 30.3 Å². The first-order valence-electron chi connectivity index (χ1n) is 8.09. The van der Waals surface area contributed by atoms with Crippen molar-refractivity contribution in [2.24, 2.45) is 0 Å². The Kier molecular flexibility index (Phi) is 3.49. The molecule has 2 aliphatic heterocycles. The van der Waals surface area contributed by atoms with E-state index in [4.69, 9.17) is 0 Å². The van der Waals surface area contributed by atoms with Crippen LogP contribution in [0.4, 0.5) is 5.82 Å². The van der Waals surface area contributed by atoms with Crippen molar-refractivity contribution in [3.05, 3.63) is 47.2 Å². The molecule has 1 saturated heterocycles. The topological polar surface area (TPSA) is 81.1 Å². The van der Waals surface area contributed by atoms with Gasteiger partial charge < -0.3 is 5.32 Å². The van der Waals surface area contributed by atoms with Gasteiger partial charge >= 0.3 is 0 Å². The van der Waals surface area contributed by atoms with Crippen molar-refractivity contribution < 1.29 is 13.2 Å². The number of aryl methyl sites for hydroxylation is 1. The van der Waals surface area contributed by atoms with E-state index in [1.54, 1.807) is 4.68 Å². The van der Waals surface area contributed by atoms with Crippen LogP contribution >= 0.6 is 0 Å². The summed E-state index contributed by atoms with van der Waals surface area (Å²) in [5, 5.41) is 7.51. The van der Waals surface area contributed by atoms with Gasteiger partial charge in [-0.3, -0.25) is 4.79 Å². The summed E-state index contributed by atoms with van der Waals surface area (Å²) < 4.78 is 25.3. The molecule has 126 valence electrons. The monoisotopic (exact) mass is 345 g/mol. The van der Waals surface area contributed by atoms with Gasteiger partial charge in [-0.05, 0) is 18.9 Å². The first-order chi connectivity index (χ1) is 11.4. The number of fused-ring (bicyclic) bond motifs is 1. The zero-order chi connectivity index (χ0) is 16.9. The van der Waals surface area contributed by atoms with Gasteiger partial charge in [0.15, 0.2) is 9.84 Å². The molecule has 0 aliphatic carbocycles. The fraction of sp³-hybridized carbons (Fsp3) is 0.412. The van der Waals surface area contributed by atoms with Crippen molar-refractivity contribution in [2.75, 3.05) is 16.8 Å². The molecule has 1 aromatic carbocycles. The molecular formula is C17H19N3O3S. The second-order valence-corrected chi connectivity index (χ2v) is 8.79. The maximum atomic E-state index is 12.2. The second kappa shape index (κ2) is 5.44. The lowest BCUT2D eigenvalue weighted by atomic mass is 9.86. The van der Waals surface area contributed by atoms with Crippen LogP contribution in [-0.4, -0.2) is 35.6 Å². The molecule has 2 aliphatic rings. The predicted molar refractivity (Wildman–Crippen MR) is 90.8 cm³/mol. The molecule has 0 saturated carbocycles. The van der Waals surface area contributed by atoms with Crippen LogP contribution in [0.3, 0.4) is 0 Å². The number of nitrogens with zero attached hydrogens (tertiary/aromatic N) is 2. The molecule has 0 bridgehead atoms. The normalized spacial score (nSPS) is 25.3. The molecule has 1 amide bonds. The van der Waals surface area contributed by atoms with Crippen molar-refractivity contribution in [3.8, 4) is 0 Å². The lowest BCUT2D eigenvalue weighted by Gasteiger charge is -2.25. The SMILES string of the molecule is Cc1nn([C@H]2CCS(=O)(=O)C2)c2c1[C@H](c1ccccc1)CC(=O)N2. The minimum Gasteiger partial charge on any atom is -0.311 e. The number of hydrogen-bond donors (Lipinski definition) is 1. The molecule has 7 heteroatoms. The summed E-state index contributed by atoms with van der Waals surface area (Å²) in [5.74, 6) is 0.841. The van der Waals surface area contributed by atoms with Crippen LogP contribution in [0.15, 0.2) is 30.3 Å². The number of rotatable bonds is 2. The fourth-order valence-electron chi connectivity index (χ4n) is 3.77. The Labute approximate surface area is 140 Å². The van der Waals surface area contributed by atoms with E-state index in [-0.39, 0.29) is 29.4 Å². The summed E-state index contributed by atoms with van der Waals surface area (Å²) in [6, 6.07) is 9.71. The Balaban J connectivity index is 1.81. The third-order valence-electron chi connectivity index (χ3n) is 4.88. The molecule has 1 aromatic heterocycles. The van der Waals surface area contributed by atoms with Gasteiger partial charge in [0.1, 0.15) is 5.82 Å². The largest absolute Gasteiger partial charge is 0.311 e. The van der Waals surface area contributed by atoms with Crippen molar-refractivity contribution in [2.45, 2.75) is 31.7 Å². The minimum atomic E-state index is -3.01. The molecule has 1 fully saturated rings. The molecule has 24 heavy (non-hydrogen) atoms. The van der Waals surface area contributed by atoms with Gasteiger partial charge in [-0.25, -0.2) is 13.1 Å². The van der Waals surface area contributed by atoms with Crippen molar-refractivity contribution in [3.63, 3.8) is 0 Å². The summed E-state index contributed by atoms with van der Waals surface area (Å²) in [5.41, 5.74) is 2.93. The van der Waals surface area contributed by atoms with E-state index in [0.29, 0.717) is 18.7 Å². The number of hydrogen-bond acceptors (Lipinski definition) is 4. The highest BCUT2D eigenvalue weighted by Gasteiger charge is 2.37. The standard InChI is InChI=1S/C17H19N3O3S/c1-11-16-14(12-5-3-2-4-6-12)9-15(21)18-17(16)20(19-11)13-7-8-24(22,23)10-13/h2-6,13-14H,7-10H2,1H3,(H,18,21)/t13-,14-/m0/s1. The van der Waals surface area contributed by atoms with E-state index in [1.807, 2.05) is 37.3 Å². The number of sulfone groups is 1. The van der Waals surface area contributed by atoms with Crippen LogP contribution in [0.1, 0.15) is 41.6 Å². The zero-order valence-corrected chi connectivity index (χ0v) is 14.2. The van der Waals surface area contributed by atoms with E-state index in [2.05, 4.69) is 10.4 Å². The molecule has 6 nitrogen and oxygen atoms in total. The third kappa shape index (κ3) is 2.53. The molecule has 2 aromatic rings. The molecule has 0 spiro atoms. The average molecular weight is 345 g/mol. The molecule has 0 radical (unpaired) electrons. The molecule has 2 atom stereocenters. The van der Waals surface area contributed by atoms with Crippen LogP contribution in [0.2, 0.25) is 0 Å². The van der Waals surface area contributed by atoms with E-state index >= 15 is 0 Å². The molecule has 1 N–H and O–H groups in total. The number of aromatic nitrogens is 2. The van der Waals surface area contributed by atoms with Gasteiger partial charge in [0, 0.05) is 17.9 Å². The highest BCUT2D eigenvalue weighted by molar-refractivity contribution is 7.91. The number of benzene rings is 1. The van der Waals surface area contributed by atoms with Gasteiger partial charge in [-0.2, -0.15) is 5.10 Å². The van der Waals surface area contributed by atoms with E-state index in [9.17, 15) is 13.2 Å². The maximum absolute atomic E-state index is 12.2. The summed E-state index contributed by atoms with van der Waals surface area (Å²) in [6.07, 6.45) is 0.925. The van der Waals surface area contributed by atoms with E-state index < -0.39 is 9.84 Å². The zero-order valence-electron chi connectivity index (χ0n) is 13.4. The Morgan fingerprint density at radius 3 is 2.67 bits per heavy atom. The van der Waals surface area contributed by atoms with Gasteiger partial charge in [0.2, 0.25) is 5.91 Å².